The maximum Gasteiger partial charge on any atom is 0.148 e. The monoisotopic (exact) mass is 198 g/mol. The molecule has 4 nitrogen and oxygen atoms in total. The summed E-state index contributed by atoms with van der Waals surface area (Å²) in [5, 5.41) is 3.83. The van der Waals surface area contributed by atoms with Gasteiger partial charge in [0.25, 0.3) is 0 Å². The molecular weight excluding hydrogens is 188 g/mol. The highest BCUT2D eigenvalue weighted by molar-refractivity contribution is 6.32. The molecule has 1 fully saturated rings. The van der Waals surface area contributed by atoms with Crippen molar-refractivity contribution in [1.29, 1.82) is 0 Å². The molecular formula is C8H11ClN4. The number of halogens is 1. The molecule has 0 atom stereocenters. The Hall–Kier alpha value is -0.870. The first-order valence-corrected chi connectivity index (χ1v) is 4.54. The molecule has 0 radical (unpaired) electrons. The predicted molar refractivity (Wildman–Crippen MR) is 51.9 cm³/mol. The van der Waals surface area contributed by atoms with Gasteiger partial charge in [-0.3, -0.25) is 0 Å². The van der Waals surface area contributed by atoms with Gasteiger partial charge in [-0.05, 0) is 7.05 Å². The summed E-state index contributed by atoms with van der Waals surface area (Å²) in [5.41, 5.74) is 0. The average Bonchev–Trinajstić information content (AvgIpc) is 2.06. The summed E-state index contributed by atoms with van der Waals surface area (Å²) in [4.78, 5) is 10.1. The van der Waals surface area contributed by atoms with Gasteiger partial charge in [-0.15, -0.1) is 0 Å². The van der Waals surface area contributed by atoms with Gasteiger partial charge in [0.15, 0.2) is 0 Å². The molecule has 1 N–H and O–H groups in total. The van der Waals surface area contributed by atoms with Crippen molar-refractivity contribution in [1.82, 2.24) is 14.9 Å². The maximum absolute atomic E-state index is 5.88. The second-order valence-electron chi connectivity index (χ2n) is 3.28. The fourth-order valence-corrected chi connectivity index (χ4v) is 1.56. The summed E-state index contributed by atoms with van der Waals surface area (Å²) in [6.45, 7) is 2.08. The quantitative estimate of drug-likeness (QED) is 0.765. The van der Waals surface area contributed by atoms with Crippen molar-refractivity contribution in [2.24, 2.45) is 0 Å². The minimum absolute atomic E-state index is 0.470. The topological polar surface area (TPSA) is 41.0 Å². The lowest BCUT2D eigenvalue weighted by molar-refractivity contribution is 0.205. The van der Waals surface area contributed by atoms with Crippen LogP contribution in [0.15, 0.2) is 12.5 Å². The Morgan fingerprint density at radius 2 is 2.38 bits per heavy atom. The van der Waals surface area contributed by atoms with E-state index in [9.17, 15) is 0 Å². The number of nitrogens with zero attached hydrogens (tertiary/aromatic N) is 3. The van der Waals surface area contributed by atoms with Crippen molar-refractivity contribution in [3.05, 3.63) is 17.5 Å². The van der Waals surface area contributed by atoms with Gasteiger partial charge in [0, 0.05) is 13.1 Å². The van der Waals surface area contributed by atoms with Crippen LogP contribution in [-0.4, -0.2) is 41.0 Å². The van der Waals surface area contributed by atoms with Crippen LogP contribution in [0.5, 0.6) is 0 Å². The third-order valence-electron chi connectivity index (χ3n) is 2.07. The van der Waals surface area contributed by atoms with E-state index in [4.69, 9.17) is 11.6 Å². The summed E-state index contributed by atoms with van der Waals surface area (Å²) in [5.74, 6) is 0.731. The summed E-state index contributed by atoms with van der Waals surface area (Å²) in [7, 11) is 2.08. The first-order chi connectivity index (χ1) is 6.25. The van der Waals surface area contributed by atoms with Crippen LogP contribution in [0.4, 0.5) is 5.82 Å². The van der Waals surface area contributed by atoms with Crippen molar-refractivity contribution in [2.45, 2.75) is 6.04 Å². The van der Waals surface area contributed by atoms with E-state index in [-0.39, 0.29) is 0 Å². The number of aromatic nitrogens is 2. The van der Waals surface area contributed by atoms with E-state index in [2.05, 4.69) is 27.2 Å². The molecule has 0 spiro atoms. The predicted octanol–water partition coefficient (Wildman–Crippen LogP) is 0.856. The Morgan fingerprint density at radius 1 is 1.62 bits per heavy atom. The Morgan fingerprint density at radius 3 is 3.00 bits per heavy atom. The van der Waals surface area contributed by atoms with Crippen LogP contribution in [0.1, 0.15) is 0 Å². The summed E-state index contributed by atoms with van der Waals surface area (Å²) >= 11 is 5.88. The fourth-order valence-electron chi connectivity index (χ4n) is 1.40. The van der Waals surface area contributed by atoms with Crippen LogP contribution in [-0.2, 0) is 0 Å². The molecule has 13 heavy (non-hydrogen) atoms. The summed E-state index contributed by atoms with van der Waals surface area (Å²) in [6, 6.07) is 0.470. The zero-order valence-electron chi connectivity index (χ0n) is 7.37. The molecule has 1 aromatic heterocycles. The van der Waals surface area contributed by atoms with E-state index >= 15 is 0 Å². The van der Waals surface area contributed by atoms with Gasteiger partial charge in [0.1, 0.15) is 17.2 Å². The molecule has 5 heteroatoms. The smallest absolute Gasteiger partial charge is 0.148 e. The highest BCUT2D eigenvalue weighted by Gasteiger charge is 2.23. The largest absolute Gasteiger partial charge is 0.363 e. The molecule has 1 aliphatic heterocycles. The van der Waals surface area contributed by atoms with E-state index < -0.39 is 0 Å². The Kier molecular flexibility index (Phi) is 2.33. The van der Waals surface area contributed by atoms with Crippen LogP contribution in [0.25, 0.3) is 0 Å². The van der Waals surface area contributed by atoms with Gasteiger partial charge in [-0.1, -0.05) is 11.6 Å². The van der Waals surface area contributed by atoms with Crippen LogP contribution in [0, 0.1) is 0 Å². The molecule has 0 bridgehead atoms. The summed E-state index contributed by atoms with van der Waals surface area (Å²) in [6.07, 6.45) is 3.09. The van der Waals surface area contributed by atoms with E-state index in [1.165, 1.54) is 6.33 Å². The number of nitrogens with one attached hydrogen (secondary N) is 1. The van der Waals surface area contributed by atoms with Crippen molar-refractivity contribution in [2.75, 3.05) is 25.5 Å². The molecule has 2 heterocycles. The summed E-state index contributed by atoms with van der Waals surface area (Å²) < 4.78 is 0. The van der Waals surface area contributed by atoms with Gasteiger partial charge in [0.2, 0.25) is 0 Å². The van der Waals surface area contributed by atoms with Crippen LogP contribution < -0.4 is 5.32 Å². The van der Waals surface area contributed by atoms with Crippen molar-refractivity contribution >= 4 is 17.4 Å². The SMILES string of the molecule is CN1CC(Nc2ncncc2Cl)C1. The zero-order valence-corrected chi connectivity index (χ0v) is 8.12. The highest BCUT2D eigenvalue weighted by Crippen LogP contribution is 2.19. The molecule has 1 aromatic rings. The lowest BCUT2D eigenvalue weighted by Gasteiger charge is -2.36. The highest BCUT2D eigenvalue weighted by atomic mass is 35.5. The fraction of sp³-hybridized carbons (Fsp3) is 0.500. The molecule has 1 aliphatic rings. The maximum atomic E-state index is 5.88. The van der Waals surface area contributed by atoms with E-state index in [1.807, 2.05) is 0 Å². The Labute approximate surface area is 81.9 Å². The third-order valence-corrected chi connectivity index (χ3v) is 2.35. The number of anilines is 1. The first kappa shape index (κ1) is 8.72. The Balaban J connectivity index is 1.98. The van der Waals surface area contributed by atoms with Crippen molar-refractivity contribution in [3.63, 3.8) is 0 Å². The molecule has 0 unspecified atom stereocenters. The third kappa shape index (κ3) is 1.89. The normalized spacial score (nSPS) is 18.3. The number of rotatable bonds is 2. The van der Waals surface area contributed by atoms with Gasteiger partial charge in [-0.2, -0.15) is 0 Å². The number of likely N-dealkylation sites (N-methyl/N-ethyl adjacent to an activating group) is 1. The molecule has 70 valence electrons. The van der Waals surface area contributed by atoms with Gasteiger partial charge in [0.05, 0.1) is 12.2 Å². The molecule has 2 rings (SSSR count). The van der Waals surface area contributed by atoms with Crippen LogP contribution in [0.2, 0.25) is 5.02 Å². The second kappa shape index (κ2) is 3.47. The molecule has 1 saturated heterocycles. The zero-order chi connectivity index (χ0) is 9.26. The van der Waals surface area contributed by atoms with Crippen molar-refractivity contribution in [3.8, 4) is 0 Å². The van der Waals surface area contributed by atoms with Crippen molar-refractivity contribution < 1.29 is 0 Å². The first-order valence-electron chi connectivity index (χ1n) is 4.16. The number of hydrogen-bond donors (Lipinski definition) is 1. The minimum atomic E-state index is 0.470. The average molecular weight is 199 g/mol. The number of hydrogen-bond acceptors (Lipinski definition) is 4. The molecule has 0 amide bonds. The van der Waals surface area contributed by atoms with Gasteiger partial charge < -0.3 is 10.2 Å². The number of likely N-dealkylation sites (tertiary alicyclic amines) is 1. The van der Waals surface area contributed by atoms with E-state index in [0.717, 1.165) is 18.9 Å². The standard InChI is InChI=1S/C8H11ClN4/c1-13-3-6(4-13)12-8-7(9)2-10-5-11-8/h2,5-6H,3-4H2,1H3,(H,10,11,12). The molecule has 0 saturated carbocycles. The lowest BCUT2D eigenvalue weighted by atomic mass is 10.1. The second-order valence-corrected chi connectivity index (χ2v) is 3.69. The van der Waals surface area contributed by atoms with Crippen LogP contribution >= 0.6 is 11.6 Å². The molecule has 0 aliphatic carbocycles. The van der Waals surface area contributed by atoms with Gasteiger partial charge in [-0.25, -0.2) is 9.97 Å². The van der Waals surface area contributed by atoms with Gasteiger partial charge >= 0.3 is 0 Å². The van der Waals surface area contributed by atoms with Crippen LogP contribution in [0.3, 0.4) is 0 Å². The lowest BCUT2D eigenvalue weighted by Crippen LogP contribution is -2.52. The Bertz CT molecular complexity index is 298. The minimum Gasteiger partial charge on any atom is -0.363 e. The van der Waals surface area contributed by atoms with E-state index in [0.29, 0.717) is 11.1 Å². The molecule has 0 aromatic carbocycles. The van der Waals surface area contributed by atoms with E-state index in [1.54, 1.807) is 6.20 Å².